The Hall–Kier alpha value is -3.41. The first-order valence-electron chi connectivity index (χ1n) is 9.30. The third-order valence-corrected chi connectivity index (χ3v) is 4.84. The lowest BCUT2D eigenvalue weighted by molar-refractivity contribution is 0.102. The first kappa shape index (κ1) is 18.0. The molecule has 0 aliphatic heterocycles. The zero-order valence-corrected chi connectivity index (χ0v) is 16.1. The van der Waals surface area contributed by atoms with E-state index in [1.165, 1.54) is 0 Å². The van der Waals surface area contributed by atoms with Crippen LogP contribution in [0.3, 0.4) is 0 Å². The number of para-hydroxylation sites is 1. The highest BCUT2D eigenvalue weighted by atomic mass is 16.2. The van der Waals surface area contributed by atoms with Gasteiger partial charge >= 0.3 is 0 Å². The lowest BCUT2D eigenvalue weighted by Crippen LogP contribution is -2.26. The van der Waals surface area contributed by atoms with Crippen LogP contribution in [0.4, 0.5) is 5.82 Å². The number of benzene rings is 1. The molecule has 1 N–H and O–H groups in total. The standard InChI is InChI=1S/C22H22N4O2/c1-14(2)12-26-13-16(21(27)24-18-10-6-7-11-23-18)19-15-8-4-5-9-17(15)25(3)20(19)22(26)28/h4-11,13-14H,12H2,1-3H3,(H,23,24,27). The third-order valence-electron chi connectivity index (χ3n) is 4.84. The van der Waals surface area contributed by atoms with Crippen LogP contribution in [-0.2, 0) is 13.6 Å². The number of carbonyl (C=O) groups is 1. The Morgan fingerprint density at radius 1 is 1.14 bits per heavy atom. The van der Waals surface area contributed by atoms with Crippen LogP contribution in [0.15, 0.2) is 59.7 Å². The van der Waals surface area contributed by atoms with Crippen molar-refractivity contribution in [1.82, 2.24) is 14.1 Å². The van der Waals surface area contributed by atoms with E-state index >= 15 is 0 Å². The lowest BCUT2D eigenvalue weighted by atomic mass is 10.1. The van der Waals surface area contributed by atoms with Gasteiger partial charge in [0.15, 0.2) is 0 Å². The van der Waals surface area contributed by atoms with Gasteiger partial charge in [-0.15, -0.1) is 0 Å². The Kier molecular flexibility index (Phi) is 4.47. The number of amides is 1. The Labute approximate surface area is 162 Å². The summed E-state index contributed by atoms with van der Waals surface area (Å²) in [5.74, 6) is 0.469. The molecule has 1 aromatic carbocycles. The number of aryl methyl sites for hydroxylation is 1. The highest BCUT2D eigenvalue weighted by Crippen LogP contribution is 2.29. The molecule has 0 fully saturated rings. The SMILES string of the molecule is CC(C)Cn1cc(C(=O)Nc2ccccn2)c2c3ccccc3n(C)c2c1=O. The van der Waals surface area contributed by atoms with Crippen LogP contribution >= 0.6 is 0 Å². The molecule has 142 valence electrons. The normalized spacial score (nSPS) is 11.4. The Balaban J connectivity index is 2.00. The molecule has 0 saturated carbocycles. The van der Waals surface area contributed by atoms with Crippen LogP contribution in [0.5, 0.6) is 0 Å². The molecular formula is C22H22N4O2. The molecule has 0 unspecified atom stereocenters. The van der Waals surface area contributed by atoms with Gasteiger partial charge in [0.1, 0.15) is 11.3 Å². The summed E-state index contributed by atoms with van der Waals surface area (Å²) in [5, 5.41) is 4.42. The number of carbonyl (C=O) groups excluding carboxylic acids is 1. The number of hydrogen-bond acceptors (Lipinski definition) is 3. The molecule has 0 aliphatic rings. The summed E-state index contributed by atoms with van der Waals surface area (Å²) in [5.41, 5.74) is 1.84. The average Bonchev–Trinajstić information content (AvgIpc) is 2.98. The van der Waals surface area contributed by atoms with Crippen molar-refractivity contribution < 1.29 is 4.79 Å². The Morgan fingerprint density at radius 3 is 2.61 bits per heavy atom. The van der Waals surface area contributed by atoms with Gasteiger partial charge in [0.25, 0.3) is 11.5 Å². The van der Waals surface area contributed by atoms with Crippen molar-refractivity contribution >= 4 is 33.5 Å². The highest BCUT2D eigenvalue weighted by molar-refractivity contribution is 6.20. The first-order chi connectivity index (χ1) is 13.5. The van der Waals surface area contributed by atoms with Gasteiger partial charge in [0.05, 0.1) is 5.56 Å². The number of fused-ring (bicyclic) bond motifs is 3. The molecule has 0 saturated heterocycles. The van der Waals surface area contributed by atoms with Crippen molar-refractivity contribution in [2.75, 3.05) is 5.32 Å². The second kappa shape index (κ2) is 6.96. The van der Waals surface area contributed by atoms with Crippen molar-refractivity contribution in [1.29, 1.82) is 0 Å². The minimum atomic E-state index is -0.280. The molecule has 3 heterocycles. The van der Waals surface area contributed by atoms with Crippen molar-refractivity contribution in [2.45, 2.75) is 20.4 Å². The summed E-state index contributed by atoms with van der Waals surface area (Å²) in [6.45, 7) is 4.64. The summed E-state index contributed by atoms with van der Waals surface area (Å²) >= 11 is 0. The van der Waals surface area contributed by atoms with Gasteiger partial charge in [0, 0.05) is 42.3 Å². The number of pyridine rings is 2. The van der Waals surface area contributed by atoms with E-state index in [-0.39, 0.29) is 17.4 Å². The summed E-state index contributed by atoms with van der Waals surface area (Å²) in [4.78, 5) is 30.5. The van der Waals surface area contributed by atoms with Crippen molar-refractivity contribution in [3.63, 3.8) is 0 Å². The molecule has 6 heteroatoms. The van der Waals surface area contributed by atoms with E-state index in [1.54, 1.807) is 29.1 Å². The third kappa shape index (κ3) is 2.97. The second-order valence-corrected chi connectivity index (χ2v) is 7.36. The largest absolute Gasteiger partial charge is 0.339 e. The van der Waals surface area contributed by atoms with Gasteiger partial charge in [-0.3, -0.25) is 9.59 Å². The summed E-state index contributed by atoms with van der Waals surface area (Å²) in [6, 6.07) is 13.1. The maximum absolute atomic E-state index is 13.2. The van der Waals surface area contributed by atoms with Crippen LogP contribution in [-0.4, -0.2) is 20.0 Å². The minimum Gasteiger partial charge on any atom is -0.339 e. The predicted molar refractivity (Wildman–Crippen MR) is 112 cm³/mol. The molecule has 3 aromatic heterocycles. The topological polar surface area (TPSA) is 68.9 Å². The molecule has 0 aliphatic carbocycles. The number of hydrogen-bond donors (Lipinski definition) is 1. The highest BCUT2D eigenvalue weighted by Gasteiger charge is 2.21. The molecule has 0 bridgehead atoms. The smallest absolute Gasteiger partial charge is 0.275 e. The van der Waals surface area contributed by atoms with Crippen LogP contribution in [0, 0.1) is 5.92 Å². The van der Waals surface area contributed by atoms with E-state index in [9.17, 15) is 9.59 Å². The quantitative estimate of drug-likeness (QED) is 0.591. The molecular weight excluding hydrogens is 352 g/mol. The van der Waals surface area contributed by atoms with E-state index in [0.717, 1.165) is 10.9 Å². The fraction of sp³-hybridized carbons (Fsp3) is 0.227. The van der Waals surface area contributed by atoms with Gasteiger partial charge in [-0.1, -0.05) is 38.1 Å². The molecule has 0 atom stereocenters. The van der Waals surface area contributed by atoms with Crippen LogP contribution < -0.4 is 10.9 Å². The van der Waals surface area contributed by atoms with Gasteiger partial charge in [0.2, 0.25) is 0 Å². The summed E-state index contributed by atoms with van der Waals surface area (Å²) in [6.07, 6.45) is 3.30. The first-order valence-corrected chi connectivity index (χ1v) is 9.30. The number of anilines is 1. The Morgan fingerprint density at radius 2 is 1.89 bits per heavy atom. The molecule has 4 aromatic rings. The van der Waals surface area contributed by atoms with Crippen molar-refractivity contribution in [3.05, 3.63) is 70.8 Å². The summed E-state index contributed by atoms with van der Waals surface area (Å²) < 4.78 is 3.51. The molecule has 0 spiro atoms. The van der Waals surface area contributed by atoms with Crippen LogP contribution in [0.25, 0.3) is 21.8 Å². The van der Waals surface area contributed by atoms with E-state index in [0.29, 0.717) is 28.8 Å². The summed E-state index contributed by atoms with van der Waals surface area (Å²) in [7, 11) is 1.87. The monoisotopic (exact) mass is 374 g/mol. The van der Waals surface area contributed by atoms with Gasteiger partial charge in [-0.2, -0.15) is 0 Å². The van der Waals surface area contributed by atoms with Gasteiger partial charge < -0.3 is 14.5 Å². The van der Waals surface area contributed by atoms with Crippen LogP contribution in [0.2, 0.25) is 0 Å². The number of aromatic nitrogens is 3. The van der Waals surface area contributed by atoms with E-state index in [4.69, 9.17) is 0 Å². The van der Waals surface area contributed by atoms with Gasteiger partial charge in [-0.25, -0.2) is 4.98 Å². The molecule has 6 nitrogen and oxygen atoms in total. The molecule has 4 rings (SSSR count). The van der Waals surface area contributed by atoms with E-state index < -0.39 is 0 Å². The molecule has 0 radical (unpaired) electrons. The number of nitrogens with one attached hydrogen (secondary N) is 1. The minimum absolute atomic E-state index is 0.0863. The number of nitrogens with zero attached hydrogens (tertiary/aromatic N) is 3. The fourth-order valence-electron chi connectivity index (χ4n) is 3.65. The second-order valence-electron chi connectivity index (χ2n) is 7.36. The van der Waals surface area contributed by atoms with Gasteiger partial charge in [-0.05, 0) is 24.1 Å². The molecule has 28 heavy (non-hydrogen) atoms. The van der Waals surface area contributed by atoms with Crippen LogP contribution in [0.1, 0.15) is 24.2 Å². The fourth-order valence-corrected chi connectivity index (χ4v) is 3.65. The zero-order valence-electron chi connectivity index (χ0n) is 16.1. The van der Waals surface area contributed by atoms with Crippen molar-refractivity contribution in [3.8, 4) is 0 Å². The van der Waals surface area contributed by atoms with Crippen molar-refractivity contribution in [2.24, 2.45) is 13.0 Å². The van der Waals surface area contributed by atoms with E-state index in [2.05, 4.69) is 10.3 Å². The number of rotatable bonds is 4. The molecule has 1 amide bonds. The maximum Gasteiger partial charge on any atom is 0.275 e. The lowest BCUT2D eigenvalue weighted by Gasteiger charge is -2.13. The average molecular weight is 374 g/mol. The Bertz CT molecular complexity index is 1240. The zero-order chi connectivity index (χ0) is 19.8. The predicted octanol–water partition coefficient (Wildman–Crippen LogP) is 3.80. The maximum atomic E-state index is 13.2. The van der Waals surface area contributed by atoms with E-state index in [1.807, 2.05) is 55.8 Å².